The molecule has 3 heterocycles. The van der Waals surface area contributed by atoms with Crippen LogP contribution in [0.15, 0.2) is 36.7 Å². The minimum absolute atomic E-state index is 0.733. The fourth-order valence-electron chi connectivity index (χ4n) is 4.04. The first kappa shape index (κ1) is 19.4. The quantitative estimate of drug-likeness (QED) is 0.626. The molecule has 0 saturated carbocycles. The van der Waals surface area contributed by atoms with Crippen LogP contribution in [0.3, 0.4) is 0 Å². The second-order valence-electron chi connectivity index (χ2n) is 7.85. The van der Waals surface area contributed by atoms with Crippen LogP contribution in [0.4, 0.5) is 5.82 Å². The molecule has 0 bridgehead atoms. The van der Waals surface area contributed by atoms with Crippen molar-refractivity contribution < 1.29 is 0 Å². The maximum Gasteiger partial charge on any atom is 0.167 e. The average molecular weight is 390 g/mol. The lowest BCUT2D eigenvalue weighted by molar-refractivity contribution is 0.246. The lowest BCUT2D eigenvalue weighted by Gasteiger charge is -2.30. The number of benzene rings is 1. The molecule has 3 aromatic rings. The number of nitrogens with one attached hydrogen (secondary N) is 1. The number of rotatable bonds is 7. The van der Waals surface area contributed by atoms with Gasteiger partial charge in [0, 0.05) is 31.7 Å². The summed E-state index contributed by atoms with van der Waals surface area (Å²) in [6, 6.07) is 13.0. The maximum atomic E-state index is 9.95. The monoisotopic (exact) mass is 389 g/mol. The third-order valence-electron chi connectivity index (χ3n) is 5.46. The van der Waals surface area contributed by atoms with Crippen molar-refractivity contribution >= 4 is 11.5 Å². The van der Waals surface area contributed by atoms with Crippen LogP contribution >= 0.6 is 0 Å². The normalized spacial score (nSPS) is 14.1. The summed E-state index contributed by atoms with van der Waals surface area (Å²) in [6.07, 6.45) is 3.56. The van der Waals surface area contributed by atoms with Crippen molar-refractivity contribution in [1.29, 1.82) is 5.26 Å². The Hall–Kier alpha value is -2.95. The number of anilines is 1. The third kappa shape index (κ3) is 4.09. The summed E-state index contributed by atoms with van der Waals surface area (Å²) in [5, 5.41) is 22.0. The van der Waals surface area contributed by atoms with E-state index in [1.807, 2.05) is 10.5 Å². The zero-order valence-electron chi connectivity index (χ0n) is 17.1. The smallest absolute Gasteiger partial charge is 0.167 e. The Morgan fingerprint density at radius 1 is 1.21 bits per heavy atom. The van der Waals surface area contributed by atoms with Crippen molar-refractivity contribution in [3.63, 3.8) is 0 Å². The Labute approximate surface area is 171 Å². The van der Waals surface area contributed by atoms with E-state index < -0.39 is 0 Å². The highest BCUT2D eigenvalue weighted by Gasteiger charge is 2.26. The molecule has 150 valence electrons. The molecule has 7 heteroatoms. The molecule has 0 fully saturated rings. The molecule has 2 aromatic heterocycles. The van der Waals surface area contributed by atoms with E-state index in [-0.39, 0.29) is 0 Å². The highest BCUT2D eigenvalue weighted by Crippen LogP contribution is 2.31. The number of hydrogen-bond donors (Lipinski definition) is 1. The van der Waals surface area contributed by atoms with Crippen LogP contribution in [0, 0.1) is 11.3 Å². The summed E-state index contributed by atoms with van der Waals surface area (Å²) in [5.74, 6) is 0.821. The Morgan fingerprint density at radius 3 is 2.79 bits per heavy atom. The highest BCUT2D eigenvalue weighted by atomic mass is 15.3. The molecule has 7 nitrogen and oxygen atoms in total. The van der Waals surface area contributed by atoms with Crippen molar-refractivity contribution in [3.05, 3.63) is 58.9 Å². The van der Waals surface area contributed by atoms with E-state index in [2.05, 4.69) is 69.7 Å². The Kier molecular flexibility index (Phi) is 5.74. The molecule has 29 heavy (non-hydrogen) atoms. The van der Waals surface area contributed by atoms with Crippen molar-refractivity contribution in [2.24, 2.45) is 0 Å². The maximum absolute atomic E-state index is 9.95. The SMILES string of the molecule is CN(C)CCCNc1c(C#N)c2c(c3nncn13)CN(Cc1ccccc1)CC2. The first-order valence-electron chi connectivity index (χ1n) is 10.1. The van der Waals surface area contributed by atoms with Crippen LogP contribution in [0.25, 0.3) is 5.65 Å². The van der Waals surface area contributed by atoms with Crippen molar-refractivity contribution in [3.8, 4) is 6.07 Å². The fraction of sp³-hybridized carbons (Fsp3) is 0.409. The third-order valence-corrected chi connectivity index (χ3v) is 5.46. The highest BCUT2D eigenvalue weighted by molar-refractivity contribution is 5.68. The lowest BCUT2D eigenvalue weighted by Crippen LogP contribution is -2.31. The second kappa shape index (κ2) is 8.60. The number of pyridine rings is 1. The number of fused-ring (bicyclic) bond motifs is 3. The van der Waals surface area contributed by atoms with E-state index in [9.17, 15) is 5.26 Å². The average Bonchev–Trinajstić information content (AvgIpc) is 3.22. The van der Waals surface area contributed by atoms with Gasteiger partial charge in [0.2, 0.25) is 0 Å². The van der Waals surface area contributed by atoms with E-state index in [0.717, 1.165) is 73.7 Å². The largest absolute Gasteiger partial charge is 0.370 e. The number of nitrogens with zero attached hydrogens (tertiary/aromatic N) is 6. The van der Waals surface area contributed by atoms with Gasteiger partial charge in [-0.2, -0.15) is 5.26 Å². The van der Waals surface area contributed by atoms with E-state index in [0.29, 0.717) is 0 Å². The molecule has 0 saturated heterocycles. The van der Waals surface area contributed by atoms with Gasteiger partial charge in [0.25, 0.3) is 0 Å². The molecular formula is C22H27N7. The van der Waals surface area contributed by atoms with Gasteiger partial charge >= 0.3 is 0 Å². The summed E-state index contributed by atoms with van der Waals surface area (Å²) < 4.78 is 1.94. The topological polar surface area (TPSA) is 72.5 Å². The van der Waals surface area contributed by atoms with Gasteiger partial charge in [0.15, 0.2) is 5.65 Å². The number of nitriles is 1. The Balaban J connectivity index is 1.62. The molecule has 0 atom stereocenters. The van der Waals surface area contributed by atoms with E-state index in [4.69, 9.17) is 0 Å². The summed E-state index contributed by atoms with van der Waals surface area (Å²) >= 11 is 0. The van der Waals surface area contributed by atoms with Gasteiger partial charge in [0.1, 0.15) is 18.2 Å². The summed E-state index contributed by atoms with van der Waals surface area (Å²) in [5.41, 5.74) is 5.13. The molecule has 1 N–H and O–H groups in total. The molecule has 1 aliphatic heterocycles. The van der Waals surface area contributed by atoms with Gasteiger partial charge < -0.3 is 10.2 Å². The molecule has 0 aliphatic carbocycles. The number of aromatic nitrogens is 3. The second-order valence-corrected chi connectivity index (χ2v) is 7.85. The first-order valence-corrected chi connectivity index (χ1v) is 10.1. The van der Waals surface area contributed by atoms with Gasteiger partial charge in [-0.25, -0.2) is 0 Å². The summed E-state index contributed by atoms with van der Waals surface area (Å²) in [7, 11) is 4.14. The summed E-state index contributed by atoms with van der Waals surface area (Å²) in [4.78, 5) is 4.58. The molecule has 0 radical (unpaired) electrons. The van der Waals surface area contributed by atoms with Crippen LogP contribution in [-0.4, -0.2) is 58.1 Å². The van der Waals surface area contributed by atoms with E-state index in [1.54, 1.807) is 6.33 Å². The molecule has 0 spiro atoms. The van der Waals surface area contributed by atoms with Crippen LogP contribution in [-0.2, 0) is 19.5 Å². The molecule has 1 aromatic carbocycles. The van der Waals surface area contributed by atoms with Gasteiger partial charge in [-0.3, -0.25) is 9.30 Å². The molecule has 0 amide bonds. The minimum Gasteiger partial charge on any atom is -0.370 e. The van der Waals surface area contributed by atoms with E-state index in [1.165, 1.54) is 5.56 Å². The van der Waals surface area contributed by atoms with Crippen molar-refractivity contribution in [1.82, 2.24) is 24.4 Å². The molecule has 4 rings (SSSR count). The van der Waals surface area contributed by atoms with Crippen LogP contribution in [0.1, 0.15) is 28.7 Å². The number of hydrogen-bond acceptors (Lipinski definition) is 6. The van der Waals surface area contributed by atoms with Crippen molar-refractivity contribution in [2.75, 3.05) is 39.0 Å². The lowest BCUT2D eigenvalue weighted by atomic mass is 9.95. The standard InChI is InChI=1S/C22H27N7/c1-27(2)11-6-10-24-21-19(13-23)18-9-12-28(14-17-7-4-3-5-8-17)15-20(18)22-26-25-16-29(21)22/h3-5,7-8,16,24H,6,9-12,14-15H2,1-2H3. The Morgan fingerprint density at radius 2 is 2.03 bits per heavy atom. The zero-order valence-corrected chi connectivity index (χ0v) is 17.1. The van der Waals surface area contributed by atoms with Crippen molar-refractivity contribution in [2.45, 2.75) is 25.9 Å². The van der Waals surface area contributed by atoms with Crippen LogP contribution in [0.5, 0.6) is 0 Å². The fourth-order valence-corrected chi connectivity index (χ4v) is 4.04. The van der Waals surface area contributed by atoms with E-state index >= 15 is 0 Å². The summed E-state index contributed by atoms with van der Waals surface area (Å²) in [6.45, 7) is 4.41. The molecule has 0 unspecified atom stereocenters. The van der Waals surface area contributed by atoms with Crippen LogP contribution in [0.2, 0.25) is 0 Å². The molecular weight excluding hydrogens is 362 g/mol. The van der Waals surface area contributed by atoms with Crippen LogP contribution < -0.4 is 5.32 Å². The predicted molar refractivity (Wildman–Crippen MR) is 114 cm³/mol. The first-order chi connectivity index (χ1) is 14.2. The minimum atomic E-state index is 0.733. The molecule has 1 aliphatic rings. The van der Waals surface area contributed by atoms with Gasteiger partial charge in [-0.05, 0) is 44.6 Å². The van der Waals surface area contributed by atoms with Gasteiger partial charge in [0.05, 0.1) is 5.56 Å². The zero-order chi connectivity index (χ0) is 20.2. The van der Waals surface area contributed by atoms with Gasteiger partial charge in [-0.15, -0.1) is 10.2 Å². The van der Waals surface area contributed by atoms with Gasteiger partial charge in [-0.1, -0.05) is 30.3 Å². The Bertz CT molecular complexity index is 1020. The predicted octanol–water partition coefficient (Wildman–Crippen LogP) is 2.52.